The van der Waals surface area contributed by atoms with E-state index in [1.54, 1.807) is 12.1 Å². The number of fused-ring (bicyclic) bond motifs is 8. The predicted molar refractivity (Wildman–Crippen MR) is 243 cm³/mol. The third kappa shape index (κ3) is 6.77. The second-order valence-electron chi connectivity index (χ2n) is 14.4. The number of benzene rings is 5. The minimum Gasteiger partial charge on any atom is -0.354 e. The summed E-state index contributed by atoms with van der Waals surface area (Å²) in [7, 11) is 0. The summed E-state index contributed by atoms with van der Waals surface area (Å²) in [6.45, 7) is 0. The molecular formula is C52H35N5O2. The van der Waals surface area contributed by atoms with Crippen molar-refractivity contribution in [3.8, 4) is 44.5 Å². The molecule has 0 amide bonds. The Morgan fingerprint density at radius 1 is 0.441 bits per heavy atom. The molecule has 0 aliphatic carbocycles. The molecule has 5 aromatic carbocycles. The van der Waals surface area contributed by atoms with E-state index in [9.17, 15) is 10.1 Å². The molecule has 8 bridgehead atoms. The highest BCUT2D eigenvalue weighted by Crippen LogP contribution is 2.39. The number of hydrogen-bond donors (Lipinski definition) is 2. The van der Waals surface area contributed by atoms with Gasteiger partial charge >= 0.3 is 0 Å². The maximum Gasteiger partial charge on any atom is 0.269 e. The summed E-state index contributed by atoms with van der Waals surface area (Å²) in [6, 6.07) is 54.5. The molecule has 0 fully saturated rings. The van der Waals surface area contributed by atoms with Crippen molar-refractivity contribution >= 4 is 64.2 Å². The predicted octanol–water partition coefficient (Wildman–Crippen LogP) is 13.4. The maximum atomic E-state index is 11.4. The fraction of sp³-hybridized carbons (Fsp3) is 0. The second kappa shape index (κ2) is 15.1. The number of aromatic nitrogens is 4. The van der Waals surface area contributed by atoms with Crippen LogP contribution in [0.1, 0.15) is 33.9 Å². The van der Waals surface area contributed by atoms with Gasteiger partial charge in [0.15, 0.2) is 0 Å². The van der Waals surface area contributed by atoms with Crippen molar-refractivity contribution in [2.45, 2.75) is 0 Å². The van der Waals surface area contributed by atoms with Gasteiger partial charge in [-0.25, -0.2) is 9.97 Å². The quantitative estimate of drug-likeness (QED) is 0.125. The van der Waals surface area contributed by atoms with Gasteiger partial charge < -0.3 is 9.97 Å². The lowest BCUT2D eigenvalue weighted by atomic mass is 10.0. The van der Waals surface area contributed by atoms with E-state index in [1.165, 1.54) is 12.1 Å². The Morgan fingerprint density at radius 2 is 0.881 bits per heavy atom. The van der Waals surface area contributed by atoms with E-state index in [2.05, 4.69) is 131 Å². The molecule has 0 spiro atoms. The van der Waals surface area contributed by atoms with Gasteiger partial charge in [0.05, 0.1) is 33.2 Å². The number of hydrogen-bond acceptors (Lipinski definition) is 4. The molecule has 2 aliphatic heterocycles. The average Bonchev–Trinajstić information content (AvgIpc) is 4.12. The average molecular weight is 762 g/mol. The van der Waals surface area contributed by atoms with E-state index in [-0.39, 0.29) is 10.6 Å². The number of nitro benzene ring substituents is 1. The number of H-pyrrole nitrogens is 2. The van der Waals surface area contributed by atoms with Gasteiger partial charge in [-0.15, -0.1) is 0 Å². The lowest BCUT2D eigenvalue weighted by Gasteiger charge is -2.07. The van der Waals surface area contributed by atoms with Gasteiger partial charge in [0.1, 0.15) is 0 Å². The molecule has 0 saturated heterocycles. The van der Waals surface area contributed by atoms with E-state index in [4.69, 9.17) is 9.97 Å². The van der Waals surface area contributed by atoms with Crippen molar-refractivity contribution in [1.82, 2.24) is 19.9 Å². The molecule has 0 saturated carbocycles. The normalized spacial score (nSPS) is 12.0. The summed E-state index contributed by atoms with van der Waals surface area (Å²) >= 11 is 0. The van der Waals surface area contributed by atoms with Crippen LogP contribution in [-0.4, -0.2) is 24.9 Å². The van der Waals surface area contributed by atoms with Crippen LogP contribution in [0, 0.1) is 10.1 Å². The van der Waals surface area contributed by atoms with E-state index in [0.717, 1.165) is 100 Å². The molecular weight excluding hydrogens is 727 g/mol. The van der Waals surface area contributed by atoms with Gasteiger partial charge in [0.25, 0.3) is 5.69 Å². The Kier molecular flexibility index (Phi) is 9.00. The highest BCUT2D eigenvalue weighted by Gasteiger charge is 2.20. The Balaban J connectivity index is 1.38. The second-order valence-corrected chi connectivity index (χ2v) is 14.4. The van der Waals surface area contributed by atoms with Crippen LogP contribution >= 0.6 is 0 Å². The van der Waals surface area contributed by atoms with Crippen LogP contribution in [0.4, 0.5) is 5.69 Å². The summed E-state index contributed by atoms with van der Waals surface area (Å²) in [6.07, 6.45) is 12.4. The monoisotopic (exact) mass is 761 g/mol. The molecule has 3 aromatic heterocycles. The first kappa shape index (κ1) is 35.3. The molecule has 280 valence electrons. The van der Waals surface area contributed by atoms with Crippen LogP contribution in [0.5, 0.6) is 0 Å². The first-order valence-corrected chi connectivity index (χ1v) is 19.4. The third-order valence-electron chi connectivity index (χ3n) is 10.7. The van der Waals surface area contributed by atoms with Crippen LogP contribution in [-0.2, 0) is 0 Å². The number of nitro groups is 1. The van der Waals surface area contributed by atoms with Crippen LogP contribution in [0.3, 0.4) is 0 Å². The first-order valence-electron chi connectivity index (χ1n) is 19.4. The largest absolute Gasteiger partial charge is 0.354 e. The van der Waals surface area contributed by atoms with Gasteiger partial charge in [0.2, 0.25) is 0 Å². The SMILES string of the molecule is O=[N+]([O-])c1ccc(/C=C/c2cc3[nH]c2c(-c2ccccc2)c2nc(c(-c4ccccc4)c4nc(c(-c5ccccc5)c5ccc([nH]5)c3-c3ccccc3)C=C4)C=C2)cc1. The van der Waals surface area contributed by atoms with Crippen molar-refractivity contribution < 1.29 is 4.92 Å². The summed E-state index contributed by atoms with van der Waals surface area (Å²) in [4.78, 5) is 29.6. The Morgan fingerprint density at radius 3 is 1.41 bits per heavy atom. The summed E-state index contributed by atoms with van der Waals surface area (Å²) in [5.41, 5.74) is 16.7. The van der Waals surface area contributed by atoms with Gasteiger partial charge in [-0.2, -0.15) is 0 Å². The molecule has 0 unspecified atom stereocenters. The number of nitrogens with zero attached hydrogens (tertiary/aromatic N) is 3. The minimum atomic E-state index is -0.381. The summed E-state index contributed by atoms with van der Waals surface area (Å²) in [5.74, 6) is 0. The van der Waals surface area contributed by atoms with Crippen LogP contribution in [0.15, 0.2) is 164 Å². The molecule has 59 heavy (non-hydrogen) atoms. The topological polar surface area (TPSA) is 100 Å². The summed E-state index contributed by atoms with van der Waals surface area (Å²) < 4.78 is 0. The highest BCUT2D eigenvalue weighted by molar-refractivity contribution is 6.03. The van der Waals surface area contributed by atoms with Crippen molar-refractivity contribution in [3.05, 3.63) is 208 Å². The lowest BCUT2D eigenvalue weighted by molar-refractivity contribution is -0.384. The van der Waals surface area contributed by atoms with Crippen LogP contribution in [0.2, 0.25) is 0 Å². The fourth-order valence-corrected chi connectivity index (χ4v) is 7.97. The van der Waals surface area contributed by atoms with E-state index in [1.807, 2.05) is 54.6 Å². The first-order chi connectivity index (χ1) is 29.1. The van der Waals surface area contributed by atoms with E-state index in [0.29, 0.717) is 0 Å². The molecule has 7 nitrogen and oxygen atoms in total. The number of rotatable bonds is 7. The standard InChI is InChI=1S/C52H35N5O2/c58-57(59)40-25-22-34(23-26-40)21-24-39-33-47-50(37-17-9-3-10-18-37)45-30-29-43(54-45)48(35-13-5-1-6-14-35)41-27-28-42(53-41)49(36-15-7-2-8-16-36)44-31-32-46(55-44)51(52(39)56-47)38-19-11-4-12-20-38/h1-33,54,56H/b24-21+,48-41?,48-43?,49-42?,49-44?,50-45?,50-47?,51-46?,52-51?. The molecule has 7 heteroatoms. The van der Waals surface area contributed by atoms with E-state index >= 15 is 0 Å². The van der Waals surface area contributed by atoms with Gasteiger partial charge in [-0.05, 0) is 82.5 Å². The molecule has 2 N–H and O–H groups in total. The molecule has 5 heterocycles. The molecule has 0 radical (unpaired) electrons. The Labute approximate surface area is 340 Å². The molecule has 0 atom stereocenters. The van der Waals surface area contributed by atoms with Crippen LogP contribution in [0.25, 0.3) is 103 Å². The van der Waals surface area contributed by atoms with Crippen molar-refractivity contribution in [2.75, 3.05) is 0 Å². The molecule has 8 aromatic rings. The zero-order valence-electron chi connectivity index (χ0n) is 31.7. The smallest absolute Gasteiger partial charge is 0.269 e. The molecule has 2 aliphatic rings. The van der Waals surface area contributed by atoms with Crippen molar-refractivity contribution in [3.63, 3.8) is 0 Å². The molecule has 10 rings (SSSR count). The third-order valence-corrected chi connectivity index (χ3v) is 10.7. The van der Waals surface area contributed by atoms with Crippen LogP contribution < -0.4 is 0 Å². The van der Waals surface area contributed by atoms with Gasteiger partial charge in [-0.1, -0.05) is 133 Å². The minimum absolute atomic E-state index is 0.0494. The number of nitrogens with one attached hydrogen (secondary N) is 2. The van der Waals surface area contributed by atoms with Crippen molar-refractivity contribution in [2.24, 2.45) is 0 Å². The van der Waals surface area contributed by atoms with Gasteiger partial charge in [0, 0.05) is 56.5 Å². The lowest BCUT2D eigenvalue weighted by Crippen LogP contribution is -1.91. The Bertz CT molecular complexity index is 3150. The van der Waals surface area contributed by atoms with Crippen molar-refractivity contribution in [1.29, 1.82) is 0 Å². The number of aromatic amines is 2. The fourth-order valence-electron chi connectivity index (χ4n) is 7.97. The zero-order chi connectivity index (χ0) is 39.7. The number of non-ortho nitro benzene ring substituents is 1. The Hall–Kier alpha value is -8.16. The summed E-state index contributed by atoms with van der Waals surface area (Å²) in [5, 5.41) is 11.4. The maximum absolute atomic E-state index is 11.4. The zero-order valence-corrected chi connectivity index (χ0v) is 31.7. The van der Waals surface area contributed by atoms with E-state index < -0.39 is 0 Å². The highest BCUT2D eigenvalue weighted by atomic mass is 16.6. The van der Waals surface area contributed by atoms with Gasteiger partial charge in [-0.3, -0.25) is 10.1 Å².